The zero-order valence-electron chi connectivity index (χ0n) is 23.5. The van der Waals surface area contributed by atoms with Crippen molar-refractivity contribution in [2.24, 2.45) is 0 Å². The molecule has 9 nitrogen and oxygen atoms in total. The molecule has 0 atom stereocenters. The fraction of sp³-hybridized carbons (Fsp3) is 0.233. The van der Waals surface area contributed by atoms with E-state index in [2.05, 4.69) is 20.8 Å². The molecule has 0 unspecified atom stereocenters. The monoisotopic (exact) mass is 611 g/mol. The molecule has 2 amide bonds. The van der Waals surface area contributed by atoms with E-state index in [-0.39, 0.29) is 30.6 Å². The fourth-order valence-corrected chi connectivity index (χ4v) is 4.89. The second kappa shape index (κ2) is 13.6. The van der Waals surface area contributed by atoms with Gasteiger partial charge in [0.15, 0.2) is 11.0 Å². The Morgan fingerprint density at radius 1 is 0.977 bits per heavy atom. The van der Waals surface area contributed by atoms with Crippen LogP contribution >= 0.6 is 11.8 Å². The third-order valence-corrected chi connectivity index (χ3v) is 7.13. The number of amides is 2. The van der Waals surface area contributed by atoms with E-state index in [9.17, 15) is 27.6 Å². The molecule has 224 valence electrons. The van der Waals surface area contributed by atoms with Gasteiger partial charge in [-0.2, -0.15) is 13.2 Å². The first-order chi connectivity index (χ1) is 20.5. The van der Waals surface area contributed by atoms with Gasteiger partial charge in [-0.1, -0.05) is 36.0 Å². The molecule has 0 aliphatic carbocycles. The molecule has 0 saturated heterocycles. The number of rotatable bonds is 10. The lowest BCUT2D eigenvalue weighted by atomic mass is 10.1. The van der Waals surface area contributed by atoms with E-state index in [1.807, 2.05) is 32.0 Å². The lowest BCUT2D eigenvalue weighted by Gasteiger charge is -2.15. The number of halogens is 3. The lowest BCUT2D eigenvalue weighted by molar-refractivity contribution is -0.138. The van der Waals surface area contributed by atoms with Gasteiger partial charge in [-0.3, -0.25) is 14.2 Å². The number of hydrogen-bond donors (Lipinski definition) is 2. The van der Waals surface area contributed by atoms with Crippen molar-refractivity contribution in [3.63, 3.8) is 0 Å². The quantitative estimate of drug-likeness (QED) is 0.174. The first-order valence-electron chi connectivity index (χ1n) is 13.1. The predicted octanol–water partition coefficient (Wildman–Crippen LogP) is 5.74. The molecule has 1 heterocycles. The van der Waals surface area contributed by atoms with Crippen molar-refractivity contribution >= 4 is 35.2 Å². The van der Waals surface area contributed by atoms with Crippen LogP contribution in [0.15, 0.2) is 71.9 Å². The normalized spacial score (nSPS) is 11.2. The van der Waals surface area contributed by atoms with Crippen LogP contribution in [0.4, 0.5) is 18.9 Å². The molecule has 1 aromatic heterocycles. The number of benzene rings is 3. The smallest absolute Gasteiger partial charge is 0.417 e. The van der Waals surface area contributed by atoms with Crippen LogP contribution in [-0.2, 0) is 22.3 Å². The molecule has 0 spiro atoms. The lowest BCUT2D eigenvalue weighted by Crippen LogP contribution is -2.27. The largest absolute Gasteiger partial charge is 0.462 e. The molecule has 2 N–H and O–H groups in total. The Bertz CT molecular complexity index is 1640. The summed E-state index contributed by atoms with van der Waals surface area (Å²) in [6.07, 6.45) is -4.69. The van der Waals surface area contributed by atoms with Gasteiger partial charge in [0.1, 0.15) is 0 Å². The third-order valence-electron chi connectivity index (χ3n) is 6.20. The van der Waals surface area contributed by atoms with E-state index in [0.717, 1.165) is 35.0 Å². The summed E-state index contributed by atoms with van der Waals surface area (Å²) in [7, 11) is 0. The Kier molecular flexibility index (Phi) is 9.86. The van der Waals surface area contributed by atoms with Crippen molar-refractivity contribution < 1.29 is 32.3 Å². The second-order valence-corrected chi connectivity index (χ2v) is 10.3. The van der Waals surface area contributed by atoms with Gasteiger partial charge in [-0.25, -0.2) is 4.79 Å². The van der Waals surface area contributed by atoms with E-state index >= 15 is 0 Å². The number of alkyl halides is 3. The Balaban J connectivity index is 1.52. The summed E-state index contributed by atoms with van der Waals surface area (Å²) in [5.41, 5.74) is 1.78. The third kappa shape index (κ3) is 7.80. The zero-order valence-corrected chi connectivity index (χ0v) is 24.3. The van der Waals surface area contributed by atoms with Gasteiger partial charge >= 0.3 is 12.1 Å². The molecule has 43 heavy (non-hydrogen) atoms. The number of hydrogen-bond acceptors (Lipinski definition) is 7. The Labute approximate surface area is 249 Å². The molecular weight excluding hydrogens is 583 g/mol. The van der Waals surface area contributed by atoms with Crippen molar-refractivity contribution in [2.75, 3.05) is 17.7 Å². The van der Waals surface area contributed by atoms with Gasteiger partial charge in [-0.05, 0) is 74.4 Å². The molecule has 0 saturated carbocycles. The minimum absolute atomic E-state index is 0.0477. The molecule has 4 aromatic rings. The van der Waals surface area contributed by atoms with Gasteiger partial charge in [0.05, 0.1) is 41.3 Å². The highest BCUT2D eigenvalue weighted by Gasteiger charge is 2.35. The van der Waals surface area contributed by atoms with Crippen LogP contribution in [0.3, 0.4) is 0 Å². The SMILES string of the molecule is CCOC(=O)c1ccc(NC(=O)CSc2nnc(CNC(=O)c3ccccc3C(F)(F)F)n2-c2cc(C)ccc2C)cc1. The topological polar surface area (TPSA) is 115 Å². The number of carbonyl (C=O) groups is 3. The Morgan fingerprint density at radius 2 is 1.70 bits per heavy atom. The Hall–Kier alpha value is -4.65. The molecule has 13 heteroatoms. The van der Waals surface area contributed by atoms with Crippen LogP contribution in [0.25, 0.3) is 5.69 Å². The van der Waals surface area contributed by atoms with E-state index in [4.69, 9.17) is 4.74 Å². The van der Waals surface area contributed by atoms with Crippen LogP contribution < -0.4 is 10.6 Å². The number of thioether (sulfide) groups is 1. The highest BCUT2D eigenvalue weighted by molar-refractivity contribution is 7.99. The molecule has 3 aromatic carbocycles. The van der Waals surface area contributed by atoms with Crippen LogP contribution in [0, 0.1) is 13.8 Å². The van der Waals surface area contributed by atoms with Crippen LogP contribution in [-0.4, -0.2) is 44.9 Å². The van der Waals surface area contributed by atoms with Crippen LogP contribution in [0.5, 0.6) is 0 Å². The number of nitrogens with zero attached hydrogens (tertiary/aromatic N) is 3. The number of anilines is 1. The first-order valence-corrected chi connectivity index (χ1v) is 14.1. The fourth-order valence-electron chi connectivity index (χ4n) is 4.12. The minimum Gasteiger partial charge on any atom is -0.462 e. The van der Waals surface area contributed by atoms with Crippen molar-refractivity contribution in [3.8, 4) is 5.69 Å². The van der Waals surface area contributed by atoms with Gasteiger partial charge in [0.2, 0.25) is 5.91 Å². The van der Waals surface area contributed by atoms with Crippen molar-refractivity contribution in [3.05, 3.63) is 100 Å². The summed E-state index contributed by atoms with van der Waals surface area (Å²) < 4.78 is 47.0. The average Bonchev–Trinajstić information content (AvgIpc) is 3.38. The molecule has 0 fully saturated rings. The van der Waals surface area contributed by atoms with Crippen molar-refractivity contribution in [1.82, 2.24) is 20.1 Å². The number of aryl methyl sites for hydroxylation is 2. The molecule has 0 bridgehead atoms. The number of aromatic nitrogens is 3. The molecule has 0 aliphatic rings. The predicted molar refractivity (Wildman–Crippen MR) is 155 cm³/mol. The van der Waals surface area contributed by atoms with Crippen molar-refractivity contribution in [2.45, 2.75) is 38.6 Å². The van der Waals surface area contributed by atoms with Gasteiger partial charge in [-0.15, -0.1) is 10.2 Å². The van der Waals surface area contributed by atoms with Gasteiger partial charge in [0.25, 0.3) is 5.91 Å². The van der Waals surface area contributed by atoms with E-state index in [1.165, 1.54) is 12.1 Å². The molecular formula is C30H28F3N5O4S. The molecule has 4 rings (SSSR count). The van der Waals surface area contributed by atoms with Gasteiger partial charge in [0, 0.05) is 5.69 Å². The van der Waals surface area contributed by atoms with E-state index in [0.29, 0.717) is 22.1 Å². The van der Waals surface area contributed by atoms with Crippen LogP contribution in [0.2, 0.25) is 0 Å². The maximum atomic E-state index is 13.4. The molecule has 0 radical (unpaired) electrons. The summed E-state index contributed by atoms with van der Waals surface area (Å²) in [6, 6.07) is 16.5. The summed E-state index contributed by atoms with van der Waals surface area (Å²) in [4.78, 5) is 37.4. The van der Waals surface area contributed by atoms with Crippen molar-refractivity contribution in [1.29, 1.82) is 0 Å². The number of carbonyl (C=O) groups excluding carboxylic acids is 3. The van der Waals surface area contributed by atoms with Gasteiger partial charge < -0.3 is 15.4 Å². The van der Waals surface area contributed by atoms with E-state index < -0.39 is 29.2 Å². The van der Waals surface area contributed by atoms with Crippen LogP contribution in [0.1, 0.15) is 50.2 Å². The zero-order chi connectivity index (χ0) is 31.1. The highest BCUT2D eigenvalue weighted by Crippen LogP contribution is 2.32. The number of ether oxygens (including phenoxy) is 1. The second-order valence-electron chi connectivity index (χ2n) is 9.38. The Morgan fingerprint density at radius 3 is 2.40 bits per heavy atom. The summed E-state index contributed by atoms with van der Waals surface area (Å²) >= 11 is 1.10. The number of esters is 1. The minimum atomic E-state index is -4.69. The highest BCUT2D eigenvalue weighted by atomic mass is 32.2. The maximum absolute atomic E-state index is 13.4. The summed E-state index contributed by atoms with van der Waals surface area (Å²) in [5, 5.41) is 14.0. The first kappa shape index (κ1) is 31.3. The number of nitrogens with one attached hydrogen (secondary N) is 2. The molecule has 0 aliphatic heterocycles. The maximum Gasteiger partial charge on any atom is 0.417 e. The standard InChI is InChI=1S/C30H28F3N5O4S/c1-4-42-28(41)20-11-13-21(14-12-20)35-26(39)17-43-29-37-36-25(38(29)24-15-18(2)9-10-19(24)3)16-34-27(40)22-7-5-6-8-23(22)30(31,32)33/h5-15H,4,16-17H2,1-3H3,(H,34,40)(H,35,39). The summed E-state index contributed by atoms with van der Waals surface area (Å²) in [5.74, 6) is -1.50. The van der Waals surface area contributed by atoms with E-state index in [1.54, 1.807) is 35.8 Å². The summed E-state index contributed by atoms with van der Waals surface area (Å²) in [6.45, 7) is 5.52. The average molecular weight is 612 g/mol.